The molecule has 0 saturated carbocycles. The molecule has 1 aromatic rings. The van der Waals surface area contributed by atoms with Gasteiger partial charge in [0.05, 0.1) is 34.1 Å². The largest absolute Gasteiger partial charge is 0.505 e. The average molecular weight is 514 g/mol. The summed E-state index contributed by atoms with van der Waals surface area (Å²) in [7, 11) is 0. The zero-order valence-electron chi connectivity index (χ0n) is 18.2. The summed E-state index contributed by atoms with van der Waals surface area (Å²) >= 11 is 0. The first kappa shape index (κ1) is 22.4. The van der Waals surface area contributed by atoms with E-state index in [9.17, 15) is 20.4 Å². The topological polar surface area (TPSA) is 130 Å². The first-order valence-corrected chi connectivity index (χ1v) is 10.4. The number of hydrogen-bond acceptors (Lipinski definition) is 8. The standard InChI is InChI=1S/C26H16N4O4.Zn/c31-23-19-12-17-9-7-15(28-17)10-14-6-8-16(27-14)11-18-20(13-4-2-1-3-5-13)24(32)21(29-18)25(33)22(30-19)26(23)34;/h1-12,31-34H;. The van der Waals surface area contributed by atoms with Crippen LogP contribution in [0.1, 0.15) is 5.56 Å². The minimum absolute atomic E-state index is 0. The number of aliphatic hydroxyl groups is 4. The normalized spacial score (nSPS) is 20.3. The summed E-state index contributed by atoms with van der Waals surface area (Å²) in [5, 5.41) is 43.0. The Labute approximate surface area is 212 Å². The van der Waals surface area contributed by atoms with Crippen LogP contribution >= 0.6 is 0 Å². The maximum Gasteiger partial charge on any atom is 0.190 e. The SMILES string of the molecule is OC1=C(O)C2=NC1=CC1=NC(=CC3=NC(=CC4=NC(=C2O)C(O)=C4c2ccccc2)C=C3)C=C1.[Zn]. The molecule has 0 radical (unpaired) electrons. The van der Waals surface area contributed by atoms with Crippen LogP contribution < -0.4 is 0 Å². The molecule has 5 aliphatic rings. The minimum Gasteiger partial charge on any atom is -0.505 e. The van der Waals surface area contributed by atoms with E-state index in [1.165, 1.54) is 6.08 Å². The maximum absolute atomic E-state index is 11.1. The summed E-state index contributed by atoms with van der Waals surface area (Å²) < 4.78 is 0. The van der Waals surface area contributed by atoms with Crippen LogP contribution in [-0.4, -0.2) is 43.3 Å². The fourth-order valence-electron chi connectivity index (χ4n) is 4.01. The van der Waals surface area contributed by atoms with Gasteiger partial charge >= 0.3 is 0 Å². The zero-order valence-corrected chi connectivity index (χ0v) is 21.2. The van der Waals surface area contributed by atoms with Gasteiger partial charge in [0.2, 0.25) is 0 Å². The van der Waals surface area contributed by atoms with Gasteiger partial charge in [0.1, 0.15) is 5.70 Å². The van der Waals surface area contributed by atoms with Gasteiger partial charge in [-0.05, 0) is 48.1 Å². The first-order chi connectivity index (χ1) is 16.5. The Bertz CT molecular complexity index is 1560. The van der Waals surface area contributed by atoms with E-state index in [1.807, 2.05) is 42.5 Å². The Morgan fingerprint density at radius 2 is 1.23 bits per heavy atom. The predicted octanol–water partition coefficient (Wildman–Crippen LogP) is 4.65. The van der Waals surface area contributed by atoms with Crippen molar-refractivity contribution < 1.29 is 39.9 Å². The van der Waals surface area contributed by atoms with E-state index in [0.717, 1.165) is 0 Å². The van der Waals surface area contributed by atoms with Gasteiger partial charge < -0.3 is 20.4 Å². The predicted molar refractivity (Wildman–Crippen MR) is 130 cm³/mol. The molecule has 0 spiro atoms. The number of hydrogen-bond donors (Lipinski definition) is 4. The quantitative estimate of drug-likeness (QED) is 0.407. The molecular weight excluding hydrogens is 498 g/mol. The van der Waals surface area contributed by atoms with Crippen LogP contribution in [-0.2, 0) is 19.5 Å². The van der Waals surface area contributed by atoms with Crippen molar-refractivity contribution >= 4 is 28.4 Å². The number of allylic oxidation sites excluding steroid dienone is 8. The Balaban J connectivity index is 0.00000253. The molecule has 166 valence electrons. The maximum atomic E-state index is 11.1. The molecule has 0 amide bonds. The molecule has 5 aliphatic heterocycles. The van der Waals surface area contributed by atoms with E-state index in [4.69, 9.17) is 0 Å². The van der Waals surface area contributed by atoms with E-state index in [2.05, 4.69) is 20.0 Å². The van der Waals surface area contributed by atoms with E-state index >= 15 is 0 Å². The van der Waals surface area contributed by atoms with Crippen molar-refractivity contribution in [1.82, 2.24) is 0 Å². The number of aliphatic hydroxyl groups excluding tert-OH is 4. The van der Waals surface area contributed by atoms with Gasteiger partial charge in [-0.1, -0.05) is 30.3 Å². The second-order valence-electron chi connectivity index (χ2n) is 7.85. The molecule has 9 heteroatoms. The van der Waals surface area contributed by atoms with Crippen molar-refractivity contribution in [2.75, 3.05) is 0 Å². The van der Waals surface area contributed by atoms with Crippen molar-refractivity contribution in [2.24, 2.45) is 20.0 Å². The van der Waals surface area contributed by atoms with Crippen LogP contribution in [0.25, 0.3) is 5.57 Å². The van der Waals surface area contributed by atoms with E-state index in [-0.39, 0.29) is 42.3 Å². The molecule has 8 nitrogen and oxygen atoms in total. The third kappa shape index (κ3) is 3.76. The van der Waals surface area contributed by atoms with E-state index < -0.39 is 17.3 Å². The minimum atomic E-state index is -0.623. The summed E-state index contributed by atoms with van der Waals surface area (Å²) in [5.41, 5.74) is 3.43. The number of nitrogens with zero attached hydrogens (tertiary/aromatic N) is 4. The number of benzene rings is 1. The van der Waals surface area contributed by atoms with Crippen LogP contribution in [0.3, 0.4) is 0 Å². The van der Waals surface area contributed by atoms with E-state index in [0.29, 0.717) is 39.7 Å². The molecule has 0 saturated heterocycles. The molecule has 6 rings (SSSR count). The van der Waals surface area contributed by atoms with Gasteiger partial charge in [-0.15, -0.1) is 0 Å². The second kappa shape index (κ2) is 8.45. The fraction of sp³-hybridized carbons (Fsp3) is 0. The molecule has 0 aliphatic carbocycles. The van der Waals surface area contributed by atoms with Crippen molar-refractivity contribution in [3.05, 3.63) is 124 Å². The Morgan fingerprint density at radius 1 is 0.571 bits per heavy atom. The molecule has 1 aromatic carbocycles. The monoisotopic (exact) mass is 512 g/mol. The van der Waals surface area contributed by atoms with Crippen LogP contribution in [0.2, 0.25) is 0 Å². The molecule has 0 atom stereocenters. The second-order valence-corrected chi connectivity index (χ2v) is 7.85. The summed E-state index contributed by atoms with van der Waals surface area (Å²) in [6, 6.07) is 9.12. The molecule has 0 unspecified atom stereocenters. The molecular formula is C26H16N4O4Zn. The number of rotatable bonds is 1. The third-order valence-corrected chi connectivity index (χ3v) is 5.62. The Morgan fingerprint density at radius 3 is 1.94 bits per heavy atom. The van der Waals surface area contributed by atoms with Crippen LogP contribution in [0.4, 0.5) is 0 Å². The smallest absolute Gasteiger partial charge is 0.190 e. The summed E-state index contributed by atoms with van der Waals surface area (Å²) in [4.78, 5) is 17.7. The Hall–Kier alpha value is -4.36. The molecule has 0 fully saturated rings. The van der Waals surface area contributed by atoms with Crippen molar-refractivity contribution in [3.63, 3.8) is 0 Å². The molecule has 4 N–H and O–H groups in total. The number of fused-ring (bicyclic) bond motifs is 4. The molecule has 35 heavy (non-hydrogen) atoms. The number of aliphatic imine (C=N–C) groups is 4. The van der Waals surface area contributed by atoms with E-state index in [1.54, 1.807) is 24.3 Å². The van der Waals surface area contributed by atoms with Crippen molar-refractivity contribution in [1.29, 1.82) is 0 Å². The molecule has 5 heterocycles. The third-order valence-electron chi connectivity index (χ3n) is 5.62. The van der Waals surface area contributed by atoms with Gasteiger partial charge in [0.25, 0.3) is 0 Å². The summed E-state index contributed by atoms with van der Waals surface area (Å²) in [6.07, 6.45) is 12.2. The summed E-state index contributed by atoms with van der Waals surface area (Å²) in [6.45, 7) is 0. The zero-order chi connectivity index (χ0) is 23.4. The fourth-order valence-corrected chi connectivity index (χ4v) is 4.01. The van der Waals surface area contributed by atoms with Gasteiger partial charge in [-0.2, -0.15) is 0 Å². The Kier molecular flexibility index (Phi) is 5.42. The van der Waals surface area contributed by atoms with Crippen LogP contribution in [0, 0.1) is 0 Å². The first-order valence-electron chi connectivity index (χ1n) is 10.4. The van der Waals surface area contributed by atoms with Gasteiger partial charge in [0, 0.05) is 19.5 Å². The van der Waals surface area contributed by atoms with Crippen LogP contribution in [0.15, 0.2) is 139 Å². The molecule has 8 bridgehead atoms. The van der Waals surface area contributed by atoms with Gasteiger partial charge in [-0.25, -0.2) is 20.0 Å². The van der Waals surface area contributed by atoms with Crippen molar-refractivity contribution in [3.8, 4) is 0 Å². The van der Waals surface area contributed by atoms with Crippen LogP contribution in [0.5, 0.6) is 0 Å². The van der Waals surface area contributed by atoms with Gasteiger partial charge in [0.15, 0.2) is 34.4 Å². The summed E-state index contributed by atoms with van der Waals surface area (Å²) in [5.74, 6) is -1.99. The van der Waals surface area contributed by atoms with Crippen molar-refractivity contribution in [2.45, 2.75) is 0 Å². The average Bonchev–Trinajstić information content (AvgIpc) is 3.59. The molecule has 0 aromatic heterocycles. The van der Waals surface area contributed by atoms with Gasteiger partial charge in [-0.3, -0.25) is 0 Å².